The van der Waals surface area contributed by atoms with Crippen LogP contribution in [-0.4, -0.2) is 52.8 Å². The number of alkyl halides is 2. The van der Waals surface area contributed by atoms with E-state index in [1.165, 1.54) is 12.5 Å². The van der Waals surface area contributed by atoms with E-state index in [1.54, 1.807) is 24.5 Å². The van der Waals surface area contributed by atoms with Crippen molar-refractivity contribution in [3.05, 3.63) is 59.7 Å². The molecular formula is C25H30BF3N6S. The third kappa shape index (κ3) is 7.05. The predicted molar refractivity (Wildman–Crippen MR) is 145 cm³/mol. The summed E-state index contributed by atoms with van der Waals surface area (Å²) < 4.78 is 45.0. The van der Waals surface area contributed by atoms with Gasteiger partial charge in [-0.15, -0.1) is 0 Å². The summed E-state index contributed by atoms with van der Waals surface area (Å²) in [4.78, 5) is 4.20. The number of halogens is 3. The first-order valence-corrected chi connectivity index (χ1v) is 13.2. The molecule has 1 aromatic carbocycles. The highest BCUT2D eigenvalue weighted by Crippen LogP contribution is 2.34. The van der Waals surface area contributed by atoms with E-state index in [2.05, 4.69) is 45.2 Å². The molecule has 4 rings (SSSR count). The number of anilines is 1. The van der Waals surface area contributed by atoms with E-state index in [9.17, 15) is 14.0 Å². The molecule has 2 aromatic rings. The summed E-state index contributed by atoms with van der Waals surface area (Å²) in [5.74, 6) is 6.24. The minimum atomic E-state index is -2.67. The van der Waals surface area contributed by atoms with E-state index in [4.69, 9.17) is 0 Å². The molecule has 36 heavy (non-hydrogen) atoms. The zero-order valence-corrected chi connectivity index (χ0v) is 21.4. The summed E-state index contributed by atoms with van der Waals surface area (Å²) in [6.07, 6.45) is 3.45. The summed E-state index contributed by atoms with van der Waals surface area (Å²) in [6.45, 7) is 6.06. The number of nitrogens with zero attached hydrogens (tertiary/aromatic N) is 6. The van der Waals surface area contributed by atoms with Gasteiger partial charge >= 0.3 is 0 Å². The maximum atomic E-state index is 15.1. The Labute approximate surface area is 213 Å². The Balaban J connectivity index is 0.00000115. The van der Waals surface area contributed by atoms with Gasteiger partial charge in [0.15, 0.2) is 0 Å². The van der Waals surface area contributed by atoms with Gasteiger partial charge in [-0.2, -0.15) is 10.2 Å². The molecule has 11 heteroatoms. The highest BCUT2D eigenvalue weighted by Gasteiger charge is 2.27. The lowest BCUT2D eigenvalue weighted by atomic mass is 9.45. The van der Waals surface area contributed by atoms with Crippen LogP contribution in [0, 0.1) is 17.0 Å². The molecule has 3 heterocycles. The van der Waals surface area contributed by atoms with E-state index >= 15 is 4.39 Å². The van der Waals surface area contributed by atoms with E-state index in [0.29, 0.717) is 16.8 Å². The van der Waals surface area contributed by atoms with Crippen LogP contribution in [0.15, 0.2) is 52.9 Å². The Kier molecular flexibility index (Phi) is 10.3. The van der Waals surface area contributed by atoms with Crippen LogP contribution in [0.4, 0.5) is 18.9 Å². The normalized spacial score (nSPS) is 16.5. The van der Waals surface area contributed by atoms with Gasteiger partial charge in [-0.25, -0.2) is 22.7 Å². The second-order valence-electron chi connectivity index (χ2n) is 8.55. The SMILES string of the molecule is C=S(N1CCB(C#N)CC1)N(Cc1ccc(C2=NN=C(C(F)F)C2)cc1F)c1cccnc1.CCC. The molecule has 0 amide bonds. The van der Waals surface area contributed by atoms with Crippen LogP contribution in [0.2, 0.25) is 12.6 Å². The molecule has 1 atom stereocenters. The molecule has 0 N–H and O–H groups in total. The molecule has 1 fully saturated rings. The average molecular weight is 514 g/mol. The maximum absolute atomic E-state index is 15.1. The van der Waals surface area contributed by atoms with Crippen LogP contribution < -0.4 is 4.31 Å². The van der Waals surface area contributed by atoms with Crippen molar-refractivity contribution in [3.8, 4) is 5.97 Å². The van der Waals surface area contributed by atoms with Crippen molar-refractivity contribution in [1.82, 2.24) is 9.29 Å². The fourth-order valence-electron chi connectivity index (χ4n) is 3.78. The first-order chi connectivity index (χ1) is 17.4. The van der Waals surface area contributed by atoms with E-state index < -0.39 is 23.1 Å². The molecule has 1 unspecified atom stereocenters. The predicted octanol–water partition coefficient (Wildman–Crippen LogP) is 5.86. The van der Waals surface area contributed by atoms with Gasteiger partial charge in [0.05, 0.1) is 24.1 Å². The quantitative estimate of drug-likeness (QED) is 0.343. The van der Waals surface area contributed by atoms with Gasteiger partial charge in [0.1, 0.15) is 11.5 Å². The molecule has 0 saturated carbocycles. The zero-order chi connectivity index (χ0) is 26.1. The lowest BCUT2D eigenvalue weighted by Crippen LogP contribution is -2.37. The number of benzene rings is 1. The molecular weight excluding hydrogens is 484 g/mol. The molecule has 0 radical (unpaired) electrons. The third-order valence-electron chi connectivity index (χ3n) is 5.72. The standard InChI is InChI=1S/C22H22BF3N6S.C3H8/c1-33(31-9-6-23(15-27)7-10-31)32(18-3-2-8-28-13-18)14-17-5-4-16(11-19(17)24)20-12-21(22(25)26)30-29-20;1-3-2/h2-5,8,11,13,22H,1,6-7,9-10,12,14H2;3H2,1-2H3. The van der Waals surface area contributed by atoms with Gasteiger partial charge in [0, 0.05) is 42.8 Å². The second kappa shape index (κ2) is 13.4. The summed E-state index contributed by atoms with van der Waals surface area (Å²) in [5, 5.41) is 16.5. The van der Waals surface area contributed by atoms with Gasteiger partial charge in [-0.05, 0) is 47.6 Å². The number of nitriles is 1. The number of hydrogen-bond acceptors (Lipinski definition) is 6. The average Bonchev–Trinajstić information content (AvgIpc) is 3.40. The van der Waals surface area contributed by atoms with Crippen LogP contribution in [0.3, 0.4) is 0 Å². The van der Waals surface area contributed by atoms with Crippen molar-refractivity contribution in [2.45, 2.75) is 52.3 Å². The molecule has 6 nitrogen and oxygen atoms in total. The summed E-state index contributed by atoms with van der Waals surface area (Å²) >= 11 is 0. The third-order valence-corrected chi connectivity index (χ3v) is 7.53. The van der Waals surface area contributed by atoms with Crippen molar-refractivity contribution < 1.29 is 13.2 Å². The largest absolute Gasteiger partial charge is 0.304 e. The molecule has 1 aromatic heterocycles. The van der Waals surface area contributed by atoms with Crippen LogP contribution in [0.25, 0.3) is 0 Å². The summed E-state index contributed by atoms with van der Waals surface area (Å²) in [5.41, 5.74) is 1.73. The number of hydrogen-bond donors (Lipinski definition) is 0. The monoisotopic (exact) mass is 514 g/mol. The molecule has 1 saturated heterocycles. The molecule has 0 bridgehead atoms. The summed E-state index contributed by atoms with van der Waals surface area (Å²) in [7, 11) is -0.613. The highest BCUT2D eigenvalue weighted by molar-refractivity contribution is 8.13. The molecule has 0 aliphatic carbocycles. The van der Waals surface area contributed by atoms with Gasteiger partial charge in [-0.1, -0.05) is 32.4 Å². The first-order valence-electron chi connectivity index (χ1n) is 11.9. The second-order valence-corrected chi connectivity index (χ2v) is 10.2. The minimum Gasteiger partial charge on any atom is -0.304 e. The Hall–Kier alpha value is -2.97. The minimum absolute atomic E-state index is 0.0585. The topological polar surface area (TPSA) is 67.9 Å². The van der Waals surface area contributed by atoms with Crippen molar-refractivity contribution in [2.24, 2.45) is 10.2 Å². The van der Waals surface area contributed by atoms with Gasteiger partial charge in [-0.3, -0.25) is 4.98 Å². The van der Waals surface area contributed by atoms with Crippen molar-refractivity contribution in [3.63, 3.8) is 0 Å². The fraction of sp³-hybridized carbons (Fsp3) is 0.400. The summed E-state index contributed by atoms with van der Waals surface area (Å²) in [6, 6.07) is 8.38. The Morgan fingerprint density at radius 1 is 1.22 bits per heavy atom. The van der Waals surface area contributed by atoms with E-state index in [-0.39, 0.29) is 25.4 Å². The fourth-order valence-corrected chi connectivity index (χ4v) is 5.33. The van der Waals surface area contributed by atoms with Gasteiger partial charge in [0.2, 0.25) is 0 Å². The lowest BCUT2D eigenvalue weighted by molar-refractivity contribution is 0.224. The zero-order valence-electron chi connectivity index (χ0n) is 20.6. The van der Waals surface area contributed by atoms with Crippen molar-refractivity contribution >= 4 is 40.6 Å². The van der Waals surface area contributed by atoms with E-state index in [1.807, 2.05) is 16.4 Å². The molecule has 190 valence electrons. The number of aromatic nitrogens is 1. The van der Waals surface area contributed by atoms with Crippen molar-refractivity contribution in [2.75, 3.05) is 17.4 Å². The molecule has 2 aliphatic heterocycles. The van der Waals surface area contributed by atoms with Crippen LogP contribution in [0.1, 0.15) is 37.8 Å². The Morgan fingerprint density at radius 2 is 1.94 bits per heavy atom. The van der Waals surface area contributed by atoms with Crippen LogP contribution >= 0.6 is 10.9 Å². The number of rotatable bonds is 7. The van der Waals surface area contributed by atoms with Crippen molar-refractivity contribution in [1.29, 1.82) is 5.26 Å². The number of pyridine rings is 1. The van der Waals surface area contributed by atoms with E-state index in [0.717, 1.165) is 31.4 Å². The molecule has 0 spiro atoms. The molecule has 2 aliphatic rings. The Bertz CT molecular complexity index is 1140. The maximum Gasteiger partial charge on any atom is 0.278 e. The van der Waals surface area contributed by atoms with Gasteiger partial charge < -0.3 is 4.31 Å². The lowest BCUT2D eigenvalue weighted by Gasteiger charge is -2.37. The van der Waals surface area contributed by atoms with Crippen LogP contribution in [0.5, 0.6) is 0 Å². The first kappa shape index (κ1) is 27.6. The van der Waals surface area contributed by atoms with Crippen LogP contribution in [-0.2, 0) is 6.54 Å². The highest BCUT2D eigenvalue weighted by atomic mass is 32.2. The Morgan fingerprint density at radius 3 is 2.50 bits per heavy atom. The van der Waals surface area contributed by atoms with Gasteiger partial charge in [0.25, 0.3) is 13.1 Å². The smallest absolute Gasteiger partial charge is 0.278 e.